The highest BCUT2D eigenvalue weighted by Gasteiger charge is 2.22. The zero-order chi connectivity index (χ0) is 21.0. The number of carbonyl (C=O) groups is 1. The molecule has 0 atom stereocenters. The van der Waals surface area contributed by atoms with E-state index < -0.39 is 0 Å². The monoisotopic (exact) mass is 428 g/mol. The van der Waals surface area contributed by atoms with E-state index >= 15 is 0 Å². The highest BCUT2D eigenvalue weighted by molar-refractivity contribution is 7.13. The van der Waals surface area contributed by atoms with Crippen molar-refractivity contribution in [3.05, 3.63) is 95.8 Å². The number of nitrogens with zero attached hydrogens (tertiary/aromatic N) is 4. The van der Waals surface area contributed by atoms with Crippen LogP contribution in [0.4, 0.5) is 0 Å². The Bertz CT molecular complexity index is 1130. The van der Waals surface area contributed by atoms with Crippen molar-refractivity contribution in [1.82, 2.24) is 19.4 Å². The van der Waals surface area contributed by atoms with Crippen molar-refractivity contribution in [2.45, 2.75) is 6.54 Å². The molecule has 1 amide bonds. The minimum atomic E-state index is 0.110. The Morgan fingerprint density at radius 3 is 2.29 bits per heavy atom. The van der Waals surface area contributed by atoms with Crippen LogP contribution in [0.15, 0.2) is 84.5 Å². The Morgan fingerprint density at radius 1 is 0.871 bits per heavy atom. The van der Waals surface area contributed by atoms with Crippen molar-refractivity contribution in [3.8, 4) is 16.3 Å². The summed E-state index contributed by atoms with van der Waals surface area (Å²) < 4.78 is 2.04. The third kappa shape index (κ3) is 4.45. The lowest BCUT2D eigenvalue weighted by Gasteiger charge is -2.34. The van der Waals surface area contributed by atoms with Gasteiger partial charge in [0, 0.05) is 67.3 Å². The first-order valence-corrected chi connectivity index (χ1v) is 11.4. The summed E-state index contributed by atoms with van der Waals surface area (Å²) in [6, 6.07) is 22.1. The molecular weight excluding hydrogens is 404 g/mol. The summed E-state index contributed by atoms with van der Waals surface area (Å²) in [5, 5.41) is 3.21. The number of benzene rings is 2. The van der Waals surface area contributed by atoms with E-state index in [1.165, 1.54) is 0 Å². The van der Waals surface area contributed by atoms with Gasteiger partial charge in [-0.25, -0.2) is 4.98 Å². The molecule has 0 saturated carbocycles. The largest absolute Gasteiger partial charge is 0.336 e. The predicted octanol–water partition coefficient (Wildman–Crippen LogP) is 4.56. The molecule has 5 rings (SSSR count). The van der Waals surface area contributed by atoms with Crippen LogP contribution >= 0.6 is 11.3 Å². The molecule has 0 N–H and O–H groups in total. The van der Waals surface area contributed by atoms with Gasteiger partial charge in [0.1, 0.15) is 5.01 Å². The molecule has 0 radical (unpaired) electrons. The summed E-state index contributed by atoms with van der Waals surface area (Å²) in [6.45, 7) is 4.05. The van der Waals surface area contributed by atoms with Gasteiger partial charge < -0.3 is 9.47 Å². The fourth-order valence-electron chi connectivity index (χ4n) is 3.90. The van der Waals surface area contributed by atoms with Gasteiger partial charge in [-0.05, 0) is 36.4 Å². The Morgan fingerprint density at radius 2 is 1.58 bits per heavy atom. The van der Waals surface area contributed by atoms with Gasteiger partial charge in [0.25, 0.3) is 5.91 Å². The number of rotatable bonds is 5. The number of hydrogen-bond donors (Lipinski definition) is 0. The molecule has 0 unspecified atom stereocenters. The van der Waals surface area contributed by atoms with Gasteiger partial charge in [0.15, 0.2) is 0 Å². The van der Waals surface area contributed by atoms with Crippen LogP contribution in [0.3, 0.4) is 0 Å². The molecule has 156 valence electrons. The average Bonchev–Trinajstić information content (AvgIpc) is 3.53. The molecule has 2 aromatic heterocycles. The van der Waals surface area contributed by atoms with Crippen LogP contribution in [0.1, 0.15) is 16.1 Å². The lowest BCUT2D eigenvalue weighted by atomic mass is 10.1. The molecule has 31 heavy (non-hydrogen) atoms. The molecule has 1 aliphatic heterocycles. The third-order valence-corrected chi connectivity index (χ3v) is 6.57. The van der Waals surface area contributed by atoms with Gasteiger partial charge in [0.2, 0.25) is 0 Å². The number of piperazine rings is 1. The van der Waals surface area contributed by atoms with Gasteiger partial charge in [-0.3, -0.25) is 9.69 Å². The molecule has 2 aromatic carbocycles. The second-order valence-electron chi connectivity index (χ2n) is 7.72. The van der Waals surface area contributed by atoms with Gasteiger partial charge in [0.05, 0.1) is 5.69 Å². The van der Waals surface area contributed by atoms with Gasteiger partial charge in [-0.15, -0.1) is 11.3 Å². The van der Waals surface area contributed by atoms with E-state index in [4.69, 9.17) is 4.98 Å². The van der Waals surface area contributed by atoms with Crippen molar-refractivity contribution in [1.29, 1.82) is 0 Å². The lowest BCUT2D eigenvalue weighted by Crippen LogP contribution is -2.48. The molecule has 1 fully saturated rings. The molecule has 5 nitrogen and oxygen atoms in total. The zero-order valence-electron chi connectivity index (χ0n) is 17.2. The Kier molecular flexibility index (Phi) is 5.65. The maximum absolute atomic E-state index is 12.9. The summed E-state index contributed by atoms with van der Waals surface area (Å²) >= 11 is 1.69. The van der Waals surface area contributed by atoms with E-state index in [1.54, 1.807) is 11.3 Å². The summed E-state index contributed by atoms with van der Waals surface area (Å²) in [6.07, 6.45) is 4.00. The predicted molar refractivity (Wildman–Crippen MR) is 124 cm³/mol. The van der Waals surface area contributed by atoms with E-state index in [-0.39, 0.29) is 5.91 Å². The van der Waals surface area contributed by atoms with Crippen molar-refractivity contribution >= 4 is 17.2 Å². The van der Waals surface area contributed by atoms with E-state index in [1.807, 2.05) is 76.5 Å². The molecular formula is C25H24N4OS. The normalized spacial score (nSPS) is 14.6. The summed E-state index contributed by atoms with van der Waals surface area (Å²) in [5.41, 5.74) is 4.07. The standard InChI is InChI=1S/C25H24N4OS/c30-25(21-8-10-23(11-9-21)28-12-4-5-13-28)29-16-14-27(15-17-29)18-22-19-31-24(26-22)20-6-2-1-3-7-20/h1-13,19H,14-18H2. The molecule has 4 aromatic rings. The van der Waals surface area contributed by atoms with Crippen LogP contribution in [0.2, 0.25) is 0 Å². The molecule has 0 bridgehead atoms. The molecule has 1 saturated heterocycles. The van der Waals surface area contributed by atoms with E-state index in [0.717, 1.165) is 60.2 Å². The second-order valence-corrected chi connectivity index (χ2v) is 8.57. The first kappa shape index (κ1) is 19.7. The molecule has 0 aliphatic carbocycles. The van der Waals surface area contributed by atoms with Gasteiger partial charge in [-0.2, -0.15) is 0 Å². The van der Waals surface area contributed by atoms with E-state index in [0.29, 0.717) is 0 Å². The summed E-state index contributed by atoms with van der Waals surface area (Å²) in [7, 11) is 0. The van der Waals surface area contributed by atoms with Crippen LogP contribution in [0, 0.1) is 0 Å². The average molecular weight is 429 g/mol. The molecule has 3 heterocycles. The Hall–Kier alpha value is -3.22. The third-order valence-electron chi connectivity index (χ3n) is 5.63. The van der Waals surface area contributed by atoms with Crippen LogP contribution in [-0.2, 0) is 6.54 Å². The maximum Gasteiger partial charge on any atom is 0.253 e. The van der Waals surface area contributed by atoms with Crippen molar-refractivity contribution in [3.63, 3.8) is 0 Å². The minimum absolute atomic E-state index is 0.110. The fraction of sp³-hybridized carbons (Fsp3) is 0.200. The smallest absolute Gasteiger partial charge is 0.253 e. The Labute approximate surface area is 186 Å². The number of aromatic nitrogens is 2. The summed E-state index contributed by atoms with van der Waals surface area (Å²) in [5.74, 6) is 0.110. The van der Waals surface area contributed by atoms with Crippen LogP contribution in [-0.4, -0.2) is 51.4 Å². The highest BCUT2D eigenvalue weighted by Crippen LogP contribution is 2.24. The van der Waals surface area contributed by atoms with Crippen molar-refractivity contribution in [2.75, 3.05) is 26.2 Å². The van der Waals surface area contributed by atoms with Crippen LogP contribution < -0.4 is 0 Å². The highest BCUT2D eigenvalue weighted by atomic mass is 32.1. The van der Waals surface area contributed by atoms with Crippen molar-refractivity contribution in [2.24, 2.45) is 0 Å². The van der Waals surface area contributed by atoms with E-state index in [2.05, 4.69) is 22.4 Å². The number of thiazole rings is 1. The van der Waals surface area contributed by atoms with Gasteiger partial charge >= 0.3 is 0 Å². The number of amides is 1. The quantitative estimate of drug-likeness (QED) is 0.468. The van der Waals surface area contributed by atoms with Crippen LogP contribution in [0.5, 0.6) is 0 Å². The second kappa shape index (κ2) is 8.88. The molecule has 0 spiro atoms. The first-order chi connectivity index (χ1) is 15.3. The number of carbonyl (C=O) groups excluding carboxylic acids is 1. The van der Waals surface area contributed by atoms with E-state index in [9.17, 15) is 4.79 Å². The molecule has 1 aliphatic rings. The zero-order valence-corrected chi connectivity index (χ0v) is 18.0. The maximum atomic E-state index is 12.9. The SMILES string of the molecule is O=C(c1ccc(-n2cccc2)cc1)N1CCN(Cc2csc(-c3ccccc3)n2)CC1. The minimum Gasteiger partial charge on any atom is -0.336 e. The number of hydrogen-bond acceptors (Lipinski definition) is 4. The summed E-state index contributed by atoms with van der Waals surface area (Å²) in [4.78, 5) is 22.0. The topological polar surface area (TPSA) is 41.4 Å². The van der Waals surface area contributed by atoms with Crippen molar-refractivity contribution < 1.29 is 4.79 Å². The Balaban J connectivity index is 1.16. The lowest BCUT2D eigenvalue weighted by molar-refractivity contribution is 0.0627. The molecule has 6 heteroatoms. The van der Waals surface area contributed by atoms with Gasteiger partial charge in [-0.1, -0.05) is 30.3 Å². The van der Waals surface area contributed by atoms with Crippen LogP contribution in [0.25, 0.3) is 16.3 Å². The fourth-order valence-corrected chi connectivity index (χ4v) is 4.71. The first-order valence-electron chi connectivity index (χ1n) is 10.5.